The van der Waals surface area contributed by atoms with Gasteiger partial charge in [0.1, 0.15) is 5.82 Å². The Hall–Kier alpha value is -1.70. The first kappa shape index (κ1) is 24.6. The highest BCUT2D eigenvalue weighted by Gasteiger charge is 2.42. The number of nitrogens with one attached hydrogen (secondary N) is 2. The van der Waals surface area contributed by atoms with Crippen molar-refractivity contribution in [1.82, 2.24) is 15.1 Å². The van der Waals surface area contributed by atoms with E-state index in [0.717, 1.165) is 17.7 Å². The second kappa shape index (κ2) is 9.62. The van der Waals surface area contributed by atoms with Crippen molar-refractivity contribution in [3.63, 3.8) is 0 Å². The number of aryl methyl sites for hydroxylation is 2. The van der Waals surface area contributed by atoms with Crippen LogP contribution < -0.4 is 10.6 Å². The third-order valence-corrected chi connectivity index (χ3v) is 5.78. The van der Waals surface area contributed by atoms with Gasteiger partial charge >= 0.3 is 0 Å². The van der Waals surface area contributed by atoms with Crippen LogP contribution in [0, 0.1) is 6.92 Å². The predicted molar refractivity (Wildman–Crippen MR) is 118 cm³/mol. The molecule has 30 heavy (non-hydrogen) atoms. The number of alkyl halides is 2. The second-order valence-corrected chi connectivity index (χ2v) is 8.12. The van der Waals surface area contributed by atoms with Gasteiger partial charge in [-0.2, -0.15) is 5.10 Å². The number of benzene rings is 1. The Bertz CT molecular complexity index is 880. The van der Waals surface area contributed by atoms with Gasteiger partial charge in [-0.05, 0) is 43.9 Å². The van der Waals surface area contributed by atoms with Crippen LogP contribution in [0.4, 0.5) is 14.6 Å². The smallest absolute Gasteiger partial charge is 0.256 e. The summed E-state index contributed by atoms with van der Waals surface area (Å²) in [4.78, 5) is 12.6. The molecule has 2 aliphatic rings. The highest BCUT2D eigenvalue weighted by molar-refractivity contribution is 6.04. The predicted octanol–water partition coefficient (Wildman–Crippen LogP) is 4.85. The third-order valence-electron chi connectivity index (χ3n) is 5.78. The summed E-state index contributed by atoms with van der Waals surface area (Å²) in [6.07, 6.45) is 2.00. The zero-order chi connectivity index (χ0) is 19.9. The van der Waals surface area contributed by atoms with Crippen LogP contribution >= 0.6 is 24.8 Å². The monoisotopic (exact) mass is 460 g/mol. The zero-order valence-corrected chi connectivity index (χ0v) is 18.7. The lowest BCUT2D eigenvalue weighted by atomic mass is 9.92. The van der Waals surface area contributed by atoms with Crippen molar-refractivity contribution < 1.29 is 13.6 Å². The minimum atomic E-state index is -2.49. The Balaban J connectivity index is 0.00000160. The first-order chi connectivity index (χ1) is 13.3. The molecule has 0 aliphatic heterocycles. The summed E-state index contributed by atoms with van der Waals surface area (Å²) in [6.45, 7) is 1.88. The van der Waals surface area contributed by atoms with E-state index >= 15 is 0 Å². The quantitative estimate of drug-likeness (QED) is 0.670. The van der Waals surface area contributed by atoms with Gasteiger partial charge in [0.05, 0.1) is 5.69 Å². The van der Waals surface area contributed by atoms with Crippen molar-refractivity contribution in [1.29, 1.82) is 0 Å². The molecule has 2 N–H and O–H groups in total. The normalized spacial score (nSPS) is 22.5. The largest absolute Gasteiger partial charge is 0.311 e. The number of halogens is 4. The lowest BCUT2D eigenvalue weighted by molar-refractivity contribution is -0.0405. The van der Waals surface area contributed by atoms with Gasteiger partial charge in [0.15, 0.2) is 0 Å². The Morgan fingerprint density at radius 2 is 1.90 bits per heavy atom. The maximum atomic E-state index is 13.3. The van der Waals surface area contributed by atoms with Gasteiger partial charge in [-0.15, -0.1) is 24.8 Å². The van der Waals surface area contributed by atoms with Crippen LogP contribution in [0.2, 0.25) is 0 Å². The summed E-state index contributed by atoms with van der Waals surface area (Å²) in [5.74, 6) is -1.65. The van der Waals surface area contributed by atoms with Crippen LogP contribution in [0.1, 0.15) is 59.6 Å². The van der Waals surface area contributed by atoms with Crippen LogP contribution in [0.3, 0.4) is 0 Å². The van der Waals surface area contributed by atoms with Crippen LogP contribution in [0.25, 0.3) is 0 Å². The Labute approximate surface area is 187 Å². The van der Waals surface area contributed by atoms with Crippen molar-refractivity contribution in [3.8, 4) is 0 Å². The van der Waals surface area contributed by atoms with E-state index in [1.54, 1.807) is 17.8 Å². The SMILES string of the molecule is Cc1cc(NC(=O)c2cccc(C3CC3NC3CCC(F)(F)CC3)c2)n(C)n1.Cl.Cl. The van der Waals surface area contributed by atoms with Gasteiger partial charge in [0.25, 0.3) is 5.91 Å². The van der Waals surface area contributed by atoms with Crippen molar-refractivity contribution in [2.24, 2.45) is 7.05 Å². The van der Waals surface area contributed by atoms with E-state index in [9.17, 15) is 13.6 Å². The second-order valence-electron chi connectivity index (χ2n) is 8.12. The standard InChI is InChI=1S/C21H26F2N4O.2ClH/c1-13-10-19(27(2)26-13)25-20(28)15-5-3-4-14(11-15)17-12-18(17)24-16-6-8-21(22,23)9-7-16;;/h3-5,10-11,16-18,24H,6-9,12H2,1-2H3,(H,25,28);2*1H. The molecule has 166 valence electrons. The van der Waals surface area contributed by atoms with Crippen LogP contribution in [-0.2, 0) is 7.05 Å². The number of amides is 1. The average Bonchev–Trinajstić information content (AvgIpc) is 3.34. The van der Waals surface area contributed by atoms with Crippen LogP contribution in [0.15, 0.2) is 30.3 Å². The molecule has 4 rings (SSSR count). The number of anilines is 1. The maximum Gasteiger partial charge on any atom is 0.256 e. The summed E-state index contributed by atoms with van der Waals surface area (Å²) >= 11 is 0. The fraction of sp³-hybridized carbons (Fsp3) is 0.524. The fourth-order valence-electron chi connectivity index (χ4n) is 4.08. The van der Waals surface area contributed by atoms with Gasteiger partial charge in [-0.25, -0.2) is 8.78 Å². The number of carbonyl (C=O) groups is 1. The molecule has 0 spiro atoms. The number of hydrogen-bond acceptors (Lipinski definition) is 3. The first-order valence-electron chi connectivity index (χ1n) is 9.86. The molecule has 5 nitrogen and oxygen atoms in total. The van der Waals surface area contributed by atoms with E-state index in [0.29, 0.717) is 36.2 Å². The van der Waals surface area contributed by atoms with Crippen molar-refractivity contribution in [2.45, 2.75) is 63.0 Å². The average molecular weight is 461 g/mol. The van der Waals surface area contributed by atoms with Crippen LogP contribution in [0.5, 0.6) is 0 Å². The van der Waals surface area contributed by atoms with E-state index in [1.807, 2.05) is 31.2 Å². The summed E-state index contributed by atoms with van der Waals surface area (Å²) < 4.78 is 28.3. The minimum absolute atomic E-state index is 0. The topological polar surface area (TPSA) is 59.0 Å². The molecule has 0 radical (unpaired) electrons. The maximum absolute atomic E-state index is 13.3. The molecule has 1 aromatic heterocycles. The van der Waals surface area contributed by atoms with Crippen molar-refractivity contribution in [2.75, 3.05) is 5.32 Å². The van der Waals surface area contributed by atoms with Gasteiger partial charge < -0.3 is 10.6 Å². The number of rotatable bonds is 5. The molecule has 9 heteroatoms. The lowest BCUT2D eigenvalue weighted by Crippen LogP contribution is -2.38. The molecule has 2 aliphatic carbocycles. The molecular weight excluding hydrogens is 433 g/mol. The molecule has 2 unspecified atom stereocenters. The summed E-state index contributed by atoms with van der Waals surface area (Å²) in [5, 5.41) is 10.7. The van der Waals surface area contributed by atoms with E-state index in [1.165, 1.54) is 0 Å². The van der Waals surface area contributed by atoms with Gasteiger partial charge in [0, 0.05) is 49.5 Å². The molecule has 2 saturated carbocycles. The van der Waals surface area contributed by atoms with E-state index in [-0.39, 0.29) is 49.6 Å². The molecule has 0 bridgehead atoms. The van der Waals surface area contributed by atoms with E-state index in [2.05, 4.69) is 15.7 Å². The molecule has 1 heterocycles. The molecule has 1 aromatic carbocycles. The Morgan fingerprint density at radius 1 is 1.20 bits per heavy atom. The Kier molecular flexibility index (Phi) is 7.88. The van der Waals surface area contributed by atoms with Crippen molar-refractivity contribution >= 4 is 36.5 Å². The molecule has 2 aromatic rings. The van der Waals surface area contributed by atoms with Gasteiger partial charge in [0.2, 0.25) is 5.92 Å². The molecule has 1 amide bonds. The molecular formula is C21H28Cl2F2N4O. The fourth-order valence-corrected chi connectivity index (χ4v) is 4.08. The van der Waals surface area contributed by atoms with Gasteiger partial charge in [-0.3, -0.25) is 9.48 Å². The first-order valence-corrected chi connectivity index (χ1v) is 9.86. The van der Waals surface area contributed by atoms with E-state index < -0.39 is 5.92 Å². The summed E-state index contributed by atoms with van der Waals surface area (Å²) in [7, 11) is 1.79. The van der Waals surface area contributed by atoms with Crippen LogP contribution in [-0.4, -0.2) is 33.7 Å². The van der Waals surface area contributed by atoms with E-state index in [4.69, 9.17) is 0 Å². The number of hydrogen-bond donors (Lipinski definition) is 2. The minimum Gasteiger partial charge on any atom is -0.311 e. The zero-order valence-electron chi connectivity index (χ0n) is 17.0. The molecule has 0 saturated heterocycles. The Morgan fingerprint density at radius 3 is 2.53 bits per heavy atom. The highest BCUT2D eigenvalue weighted by atomic mass is 35.5. The number of carbonyl (C=O) groups excluding carboxylic acids is 1. The number of aromatic nitrogens is 2. The summed E-state index contributed by atoms with van der Waals surface area (Å²) in [5.41, 5.74) is 2.57. The third kappa shape index (κ3) is 5.71. The molecule has 2 fully saturated rings. The molecule has 2 atom stereocenters. The van der Waals surface area contributed by atoms with Crippen molar-refractivity contribution in [3.05, 3.63) is 47.2 Å². The summed E-state index contributed by atoms with van der Waals surface area (Å²) in [6, 6.07) is 9.98. The lowest BCUT2D eigenvalue weighted by Gasteiger charge is -2.29. The highest BCUT2D eigenvalue weighted by Crippen LogP contribution is 2.43. The number of nitrogens with zero attached hydrogens (tertiary/aromatic N) is 2. The van der Waals surface area contributed by atoms with Gasteiger partial charge in [-0.1, -0.05) is 12.1 Å².